The summed E-state index contributed by atoms with van der Waals surface area (Å²) >= 11 is 0. The van der Waals surface area contributed by atoms with E-state index < -0.39 is 6.04 Å². The van der Waals surface area contributed by atoms with Crippen molar-refractivity contribution in [2.75, 3.05) is 19.0 Å². The molecular formula is C15H18N2O3. The van der Waals surface area contributed by atoms with Crippen LogP contribution in [0.4, 0.5) is 5.69 Å². The number of hydrogen-bond donors (Lipinski definition) is 2. The van der Waals surface area contributed by atoms with Crippen LogP contribution in [-0.2, 0) is 20.7 Å². The van der Waals surface area contributed by atoms with Crippen LogP contribution in [0.1, 0.15) is 12.5 Å². The highest BCUT2D eigenvalue weighted by Crippen LogP contribution is 2.12. The molecule has 0 aliphatic heterocycles. The number of methoxy groups -OCH3 is 1. The summed E-state index contributed by atoms with van der Waals surface area (Å²) in [7, 11) is 1.35. The number of hydrogen-bond acceptors (Lipinski definition) is 4. The molecule has 1 rings (SSSR count). The van der Waals surface area contributed by atoms with Gasteiger partial charge in [0.25, 0.3) is 0 Å². The lowest BCUT2D eigenvalue weighted by Gasteiger charge is -2.15. The standard InChI is InChI=1S/C15H18N2O3/c1-4-8-16-15(19)11(2)17-13-7-5-6-12(9-13)10-14(18)20-3/h1,5-7,9,11,17H,8,10H2,2-3H3,(H,16,19)/t11-/m0/s1. The number of terminal acetylenes is 1. The van der Waals surface area contributed by atoms with Crippen LogP contribution in [0.15, 0.2) is 24.3 Å². The van der Waals surface area contributed by atoms with Crippen molar-refractivity contribution in [2.24, 2.45) is 0 Å². The van der Waals surface area contributed by atoms with Gasteiger partial charge in [0.05, 0.1) is 20.1 Å². The van der Waals surface area contributed by atoms with E-state index in [-0.39, 0.29) is 24.8 Å². The molecule has 5 heteroatoms. The van der Waals surface area contributed by atoms with Crippen LogP contribution >= 0.6 is 0 Å². The van der Waals surface area contributed by atoms with Gasteiger partial charge in [-0.05, 0) is 24.6 Å². The van der Waals surface area contributed by atoms with Crippen molar-refractivity contribution in [3.63, 3.8) is 0 Å². The van der Waals surface area contributed by atoms with E-state index in [1.165, 1.54) is 7.11 Å². The van der Waals surface area contributed by atoms with E-state index in [0.717, 1.165) is 11.3 Å². The first kappa shape index (κ1) is 15.6. The predicted octanol–water partition coefficient (Wildman–Crippen LogP) is 0.952. The smallest absolute Gasteiger partial charge is 0.309 e. The second kappa shape index (κ2) is 7.85. The largest absolute Gasteiger partial charge is 0.469 e. The van der Waals surface area contributed by atoms with Crippen LogP contribution in [0.3, 0.4) is 0 Å². The van der Waals surface area contributed by atoms with Gasteiger partial charge in [0.1, 0.15) is 6.04 Å². The number of carbonyl (C=O) groups excluding carboxylic acids is 2. The zero-order valence-electron chi connectivity index (χ0n) is 11.6. The fraction of sp³-hybridized carbons (Fsp3) is 0.333. The van der Waals surface area contributed by atoms with Gasteiger partial charge in [-0.2, -0.15) is 0 Å². The van der Waals surface area contributed by atoms with Crippen LogP contribution in [0, 0.1) is 12.3 Å². The van der Waals surface area contributed by atoms with Crippen molar-refractivity contribution in [1.29, 1.82) is 0 Å². The van der Waals surface area contributed by atoms with E-state index >= 15 is 0 Å². The SMILES string of the molecule is C#CCNC(=O)[C@H](C)Nc1cccc(CC(=O)OC)c1. The van der Waals surface area contributed by atoms with Crippen molar-refractivity contribution in [3.05, 3.63) is 29.8 Å². The van der Waals surface area contributed by atoms with Gasteiger partial charge in [0.15, 0.2) is 0 Å². The normalized spacial score (nSPS) is 11.1. The summed E-state index contributed by atoms with van der Waals surface area (Å²) < 4.78 is 4.62. The van der Waals surface area contributed by atoms with Crippen molar-refractivity contribution < 1.29 is 14.3 Å². The van der Waals surface area contributed by atoms with Gasteiger partial charge in [-0.25, -0.2) is 0 Å². The van der Waals surface area contributed by atoms with Crippen molar-refractivity contribution in [1.82, 2.24) is 5.32 Å². The monoisotopic (exact) mass is 274 g/mol. The minimum absolute atomic E-state index is 0.179. The van der Waals surface area contributed by atoms with Crippen LogP contribution in [0.2, 0.25) is 0 Å². The molecule has 0 aliphatic rings. The molecule has 5 nitrogen and oxygen atoms in total. The van der Waals surface area contributed by atoms with Crippen molar-refractivity contribution >= 4 is 17.6 Å². The van der Waals surface area contributed by atoms with E-state index in [1.807, 2.05) is 24.3 Å². The molecule has 0 bridgehead atoms. The van der Waals surface area contributed by atoms with Gasteiger partial charge >= 0.3 is 5.97 Å². The average Bonchev–Trinajstić information content (AvgIpc) is 2.44. The Hall–Kier alpha value is -2.48. The van der Waals surface area contributed by atoms with Crippen LogP contribution in [0.25, 0.3) is 0 Å². The Morgan fingerprint density at radius 2 is 2.20 bits per heavy atom. The second-order valence-corrected chi connectivity index (χ2v) is 4.24. The molecule has 0 radical (unpaired) electrons. The molecule has 0 saturated heterocycles. The maximum Gasteiger partial charge on any atom is 0.309 e. The summed E-state index contributed by atoms with van der Waals surface area (Å²) in [5.41, 5.74) is 1.58. The molecular weight excluding hydrogens is 256 g/mol. The van der Waals surface area contributed by atoms with Gasteiger partial charge in [-0.15, -0.1) is 6.42 Å². The topological polar surface area (TPSA) is 67.4 Å². The molecule has 0 spiro atoms. The summed E-state index contributed by atoms with van der Waals surface area (Å²) in [6, 6.07) is 6.85. The van der Waals surface area contributed by atoms with Gasteiger partial charge in [0.2, 0.25) is 5.91 Å². The molecule has 1 atom stereocenters. The van der Waals surface area contributed by atoms with E-state index in [4.69, 9.17) is 6.42 Å². The lowest BCUT2D eigenvalue weighted by atomic mass is 10.1. The second-order valence-electron chi connectivity index (χ2n) is 4.24. The van der Waals surface area contributed by atoms with Crippen molar-refractivity contribution in [2.45, 2.75) is 19.4 Å². The molecule has 0 aromatic heterocycles. The van der Waals surface area contributed by atoms with E-state index in [2.05, 4.69) is 21.3 Å². The van der Waals surface area contributed by atoms with E-state index in [0.29, 0.717) is 0 Å². The number of esters is 1. The zero-order chi connectivity index (χ0) is 15.0. The highest BCUT2D eigenvalue weighted by atomic mass is 16.5. The Kier molecular flexibility index (Phi) is 6.11. The third kappa shape index (κ3) is 5.02. The number of benzene rings is 1. The third-order valence-corrected chi connectivity index (χ3v) is 2.64. The molecule has 20 heavy (non-hydrogen) atoms. The zero-order valence-corrected chi connectivity index (χ0v) is 11.6. The molecule has 0 aliphatic carbocycles. The third-order valence-electron chi connectivity index (χ3n) is 2.64. The van der Waals surface area contributed by atoms with Crippen molar-refractivity contribution in [3.8, 4) is 12.3 Å². The Balaban J connectivity index is 2.64. The molecule has 0 heterocycles. The average molecular weight is 274 g/mol. The highest BCUT2D eigenvalue weighted by molar-refractivity contribution is 5.84. The minimum atomic E-state index is -0.420. The number of nitrogens with one attached hydrogen (secondary N) is 2. The summed E-state index contributed by atoms with van der Waals surface area (Å²) in [6.07, 6.45) is 5.28. The molecule has 0 unspecified atom stereocenters. The fourth-order valence-corrected chi connectivity index (χ4v) is 1.62. The number of anilines is 1. The molecule has 0 fully saturated rings. The predicted molar refractivity (Wildman–Crippen MR) is 77.1 cm³/mol. The lowest BCUT2D eigenvalue weighted by Crippen LogP contribution is -2.37. The van der Waals surface area contributed by atoms with E-state index in [9.17, 15) is 9.59 Å². The Labute approximate surface area is 118 Å². The fourth-order valence-electron chi connectivity index (χ4n) is 1.62. The molecule has 2 N–H and O–H groups in total. The highest BCUT2D eigenvalue weighted by Gasteiger charge is 2.12. The number of ether oxygens (including phenoxy) is 1. The first-order chi connectivity index (χ1) is 9.56. The quantitative estimate of drug-likeness (QED) is 0.599. The number of amides is 1. The Morgan fingerprint density at radius 1 is 1.45 bits per heavy atom. The maximum atomic E-state index is 11.7. The summed E-state index contributed by atoms with van der Waals surface area (Å²) in [4.78, 5) is 22.9. The van der Waals surface area contributed by atoms with Gasteiger partial charge in [0, 0.05) is 5.69 Å². The number of rotatable bonds is 6. The van der Waals surface area contributed by atoms with Crippen LogP contribution in [0.5, 0.6) is 0 Å². The van der Waals surface area contributed by atoms with Crippen LogP contribution in [-0.4, -0.2) is 31.6 Å². The minimum Gasteiger partial charge on any atom is -0.469 e. The molecule has 1 amide bonds. The Bertz CT molecular complexity index is 520. The summed E-state index contributed by atoms with van der Waals surface area (Å²) in [5.74, 6) is 1.86. The lowest BCUT2D eigenvalue weighted by molar-refractivity contribution is -0.139. The molecule has 0 saturated carbocycles. The van der Waals surface area contributed by atoms with Gasteiger partial charge in [-0.3, -0.25) is 9.59 Å². The summed E-state index contributed by atoms with van der Waals surface area (Å²) in [6.45, 7) is 1.94. The first-order valence-electron chi connectivity index (χ1n) is 6.20. The van der Waals surface area contributed by atoms with Gasteiger partial charge in [-0.1, -0.05) is 18.1 Å². The van der Waals surface area contributed by atoms with Crippen LogP contribution < -0.4 is 10.6 Å². The molecule has 106 valence electrons. The summed E-state index contributed by atoms with van der Waals surface area (Å²) in [5, 5.41) is 5.65. The van der Waals surface area contributed by atoms with Gasteiger partial charge < -0.3 is 15.4 Å². The molecule has 1 aromatic rings. The Morgan fingerprint density at radius 3 is 2.85 bits per heavy atom. The number of carbonyl (C=O) groups is 2. The first-order valence-corrected chi connectivity index (χ1v) is 6.20. The molecule has 1 aromatic carbocycles. The maximum absolute atomic E-state index is 11.7. The van der Waals surface area contributed by atoms with E-state index in [1.54, 1.807) is 6.92 Å².